The third-order valence-corrected chi connectivity index (χ3v) is 6.73. The molecule has 2 aromatic rings. The SMILES string of the molecule is CC(C)NC(=O)[C@@H](C)N(Cc1ccc(Cl)cc1Cl)C(=O)CN(c1ccc(Cl)cc1)S(C)(=O)=O. The first-order valence-electron chi connectivity index (χ1n) is 10.1. The van der Waals surface area contributed by atoms with E-state index in [4.69, 9.17) is 34.8 Å². The summed E-state index contributed by atoms with van der Waals surface area (Å²) in [5, 5.41) is 3.96. The van der Waals surface area contributed by atoms with Gasteiger partial charge >= 0.3 is 0 Å². The number of benzene rings is 2. The third kappa shape index (κ3) is 7.78. The van der Waals surface area contributed by atoms with Gasteiger partial charge in [0.1, 0.15) is 12.6 Å². The molecule has 0 bridgehead atoms. The van der Waals surface area contributed by atoms with E-state index in [1.54, 1.807) is 32.9 Å². The number of hydrogen-bond acceptors (Lipinski definition) is 4. The van der Waals surface area contributed by atoms with Crippen molar-refractivity contribution in [2.45, 2.75) is 39.4 Å². The van der Waals surface area contributed by atoms with Gasteiger partial charge in [-0.1, -0.05) is 40.9 Å². The van der Waals surface area contributed by atoms with E-state index in [0.29, 0.717) is 20.6 Å². The molecule has 0 aliphatic carbocycles. The van der Waals surface area contributed by atoms with Crippen LogP contribution in [-0.4, -0.2) is 50.0 Å². The highest BCUT2D eigenvalue weighted by Crippen LogP contribution is 2.25. The van der Waals surface area contributed by atoms with Gasteiger partial charge in [0.2, 0.25) is 21.8 Å². The van der Waals surface area contributed by atoms with Gasteiger partial charge < -0.3 is 10.2 Å². The van der Waals surface area contributed by atoms with Crippen LogP contribution < -0.4 is 9.62 Å². The summed E-state index contributed by atoms with van der Waals surface area (Å²) in [6.45, 7) is 4.66. The van der Waals surface area contributed by atoms with Gasteiger partial charge in [0, 0.05) is 27.7 Å². The normalized spacial score (nSPS) is 12.4. The van der Waals surface area contributed by atoms with Crippen LogP contribution in [0.25, 0.3) is 0 Å². The lowest BCUT2D eigenvalue weighted by Crippen LogP contribution is -2.52. The molecule has 0 saturated heterocycles. The van der Waals surface area contributed by atoms with E-state index in [1.807, 2.05) is 0 Å². The fraction of sp³-hybridized carbons (Fsp3) is 0.364. The van der Waals surface area contributed by atoms with Gasteiger partial charge in [0.05, 0.1) is 11.9 Å². The summed E-state index contributed by atoms with van der Waals surface area (Å²) < 4.78 is 25.9. The van der Waals surface area contributed by atoms with Crippen LogP contribution in [0.4, 0.5) is 5.69 Å². The molecule has 0 spiro atoms. The molecule has 2 aromatic carbocycles. The van der Waals surface area contributed by atoms with Crippen molar-refractivity contribution >= 4 is 62.3 Å². The molecular weight excluding hydrogens is 509 g/mol. The molecule has 0 radical (unpaired) electrons. The van der Waals surface area contributed by atoms with Crippen molar-refractivity contribution in [3.05, 3.63) is 63.1 Å². The Bertz CT molecular complexity index is 1110. The maximum atomic E-state index is 13.4. The van der Waals surface area contributed by atoms with Gasteiger partial charge in [0.15, 0.2) is 0 Å². The van der Waals surface area contributed by atoms with Crippen molar-refractivity contribution in [1.82, 2.24) is 10.2 Å². The highest BCUT2D eigenvalue weighted by molar-refractivity contribution is 7.92. The van der Waals surface area contributed by atoms with Crippen LogP contribution in [0.15, 0.2) is 42.5 Å². The maximum absolute atomic E-state index is 13.4. The lowest BCUT2D eigenvalue weighted by Gasteiger charge is -2.32. The number of anilines is 1. The van der Waals surface area contributed by atoms with E-state index in [1.165, 1.54) is 35.2 Å². The maximum Gasteiger partial charge on any atom is 0.244 e. The van der Waals surface area contributed by atoms with Crippen LogP contribution in [0.5, 0.6) is 0 Å². The lowest BCUT2D eigenvalue weighted by molar-refractivity contribution is -0.139. The van der Waals surface area contributed by atoms with Crippen LogP contribution in [0.1, 0.15) is 26.3 Å². The molecule has 0 unspecified atom stereocenters. The van der Waals surface area contributed by atoms with E-state index < -0.39 is 28.5 Å². The van der Waals surface area contributed by atoms with E-state index in [2.05, 4.69) is 5.32 Å². The predicted molar refractivity (Wildman–Crippen MR) is 133 cm³/mol. The Balaban J connectivity index is 2.41. The summed E-state index contributed by atoms with van der Waals surface area (Å²) in [7, 11) is -3.81. The second-order valence-electron chi connectivity index (χ2n) is 7.84. The number of halogens is 3. The average Bonchev–Trinajstić information content (AvgIpc) is 2.70. The largest absolute Gasteiger partial charge is 0.352 e. The standard InChI is InChI=1S/C22H26Cl3N3O4S/c1-14(2)26-22(30)15(3)27(12-16-5-6-18(24)11-20(16)25)21(29)13-28(33(4,31)32)19-9-7-17(23)8-10-19/h5-11,14-15H,12-13H2,1-4H3,(H,26,30)/t15-/m1/s1. The zero-order valence-corrected chi connectivity index (χ0v) is 21.8. The monoisotopic (exact) mass is 533 g/mol. The number of carbonyl (C=O) groups is 2. The van der Waals surface area contributed by atoms with Crippen molar-refractivity contribution in [3.63, 3.8) is 0 Å². The van der Waals surface area contributed by atoms with Crippen molar-refractivity contribution < 1.29 is 18.0 Å². The molecule has 7 nitrogen and oxygen atoms in total. The first-order valence-corrected chi connectivity index (χ1v) is 13.0. The molecular formula is C22H26Cl3N3O4S. The average molecular weight is 535 g/mol. The quantitative estimate of drug-likeness (QED) is 0.518. The van der Waals surface area contributed by atoms with Crippen molar-refractivity contribution in [2.75, 3.05) is 17.1 Å². The molecule has 0 aliphatic rings. The van der Waals surface area contributed by atoms with Crippen LogP contribution in [-0.2, 0) is 26.2 Å². The van der Waals surface area contributed by atoms with Gasteiger partial charge in [-0.2, -0.15) is 0 Å². The Morgan fingerprint density at radius 2 is 1.55 bits per heavy atom. The fourth-order valence-corrected chi connectivity index (χ4v) is 4.49. The zero-order chi connectivity index (χ0) is 24.9. The molecule has 1 N–H and O–H groups in total. The van der Waals surface area contributed by atoms with Crippen molar-refractivity contribution in [1.29, 1.82) is 0 Å². The lowest BCUT2D eigenvalue weighted by atomic mass is 10.1. The van der Waals surface area contributed by atoms with Crippen LogP contribution >= 0.6 is 34.8 Å². The summed E-state index contributed by atoms with van der Waals surface area (Å²) in [4.78, 5) is 27.4. The summed E-state index contributed by atoms with van der Waals surface area (Å²) in [5.41, 5.74) is 0.843. The molecule has 33 heavy (non-hydrogen) atoms. The number of nitrogens with one attached hydrogen (secondary N) is 1. The number of sulfonamides is 1. The van der Waals surface area contributed by atoms with Gasteiger partial charge in [0.25, 0.3) is 0 Å². The number of amides is 2. The highest BCUT2D eigenvalue weighted by atomic mass is 35.5. The fourth-order valence-electron chi connectivity index (χ4n) is 3.04. The first kappa shape index (κ1) is 27.2. The molecule has 2 amide bonds. The topological polar surface area (TPSA) is 86.8 Å². The molecule has 0 fully saturated rings. The van der Waals surface area contributed by atoms with Crippen LogP contribution in [0, 0.1) is 0 Å². The minimum absolute atomic E-state index is 0.0141. The second kappa shape index (κ2) is 11.4. The van der Waals surface area contributed by atoms with E-state index >= 15 is 0 Å². The molecule has 0 aliphatic heterocycles. The summed E-state index contributed by atoms with van der Waals surface area (Å²) in [5.74, 6) is -0.950. The molecule has 2 rings (SSSR count). The molecule has 0 heterocycles. The summed E-state index contributed by atoms with van der Waals surface area (Å²) >= 11 is 18.2. The number of hydrogen-bond donors (Lipinski definition) is 1. The van der Waals surface area contributed by atoms with E-state index in [-0.39, 0.29) is 24.2 Å². The number of rotatable bonds is 9. The number of nitrogens with zero attached hydrogens (tertiary/aromatic N) is 2. The minimum atomic E-state index is -3.81. The summed E-state index contributed by atoms with van der Waals surface area (Å²) in [6.07, 6.45) is 1.00. The van der Waals surface area contributed by atoms with Gasteiger partial charge in [-0.05, 0) is 62.7 Å². The van der Waals surface area contributed by atoms with Crippen LogP contribution in [0.3, 0.4) is 0 Å². The van der Waals surface area contributed by atoms with Crippen LogP contribution in [0.2, 0.25) is 15.1 Å². The first-order chi connectivity index (χ1) is 15.3. The number of carbonyl (C=O) groups excluding carboxylic acids is 2. The van der Waals surface area contributed by atoms with Gasteiger partial charge in [-0.15, -0.1) is 0 Å². The predicted octanol–water partition coefficient (Wildman–Crippen LogP) is 4.35. The van der Waals surface area contributed by atoms with Crippen molar-refractivity contribution in [3.8, 4) is 0 Å². The summed E-state index contributed by atoms with van der Waals surface area (Å²) in [6, 6.07) is 9.86. The second-order valence-corrected chi connectivity index (χ2v) is 11.0. The van der Waals surface area contributed by atoms with E-state index in [9.17, 15) is 18.0 Å². The molecule has 0 aromatic heterocycles. The smallest absolute Gasteiger partial charge is 0.244 e. The molecule has 180 valence electrons. The van der Waals surface area contributed by atoms with Crippen molar-refractivity contribution in [2.24, 2.45) is 0 Å². The third-order valence-electron chi connectivity index (χ3n) is 4.75. The molecule has 1 atom stereocenters. The van der Waals surface area contributed by atoms with E-state index in [0.717, 1.165) is 10.6 Å². The Labute approximate surface area is 209 Å². The molecule has 0 saturated carbocycles. The Morgan fingerprint density at radius 1 is 0.970 bits per heavy atom. The molecule has 11 heteroatoms. The Morgan fingerprint density at radius 3 is 2.06 bits per heavy atom. The zero-order valence-electron chi connectivity index (χ0n) is 18.7. The Hall–Kier alpha value is -2.00. The minimum Gasteiger partial charge on any atom is -0.352 e. The highest BCUT2D eigenvalue weighted by Gasteiger charge is 2.30. The van der Waals surface area contributed by atoms with Gasteiger partial charge in [-0.25, -0.2) is 8.42 Å². The van der Waals surface area contributed by atoms with Gasteiger partial charge in [-0.3, -0.25) is 13.9 Å². The Kier molecular flexibility index (Phi) is 9.43.